The molecule has 3 rings (SSSR count). The van der Waals surface area contributed by atoms with Crippen LogP contribution in [0.4, 0.5) is 0 Å². The lowest BCUT2D eigenvalue weighted by Gasteiger charge is -2.12. The summed E-state index contributed by atoms with van der Waals surface area (Å²) >= 11 is 13.4. The van der Waals surface area contributed by atoms with Gasteiger partial charge in [-0.15, -0.1) is 11.3 Å². The van der Waals surface area contributed by atoms with E-state index in [1.807, 2.05) is 37.4 Å². The number of aryl methyl sites for hydroxylation is 2. The Morgan fingerprint density at radius 2 is 1.80 bits per heavy atom. The fraction of sp³-hybridized carbons (Fsp3) is 0.130. The van der Waals surface area contributed by atoms with Crippen LogP contribution in [0.15, 0.2) is 59.6 Å². The minimum absolute atomic E-state index is 0.167. The van der Waals surface area contributed by atoms with Crippen molar-refractivity contribution in [3.8, 4) is 0 Å². The maximum Gasteiger partial charge on any atom is 0.268 e. The molecule has 0 fully saturated rings. The van der Waals surface area contributed by atoms with Crippen molar-refractivity contribution in [2.45, 2.75) is 20.4 Å². The molecule has 0 saturated carbocycles. The topological polar surface area (TPSA) is 58.2 Å². The maximum absolute atomic E-state index is 12.8. The van der Waals surface area contributed by atoms with Crippen molar-refractivity contribution in [1.29, 1.82) is 0 Å². The van der Waals surface area contributed by atoms with Gasteiger partial charge in [0.15, 0.2) is 0 Å². The van der Waals surface area contributed by atoms with Gasteiger partial charge < -0.3 is 10.6 Å². The zero-order valence-electron chi connectivity index (χ0n) is 16.5. The Morgan fingerprint density at radius 1 is 1.00 bits per heavy atom. The van der Waals surface area contributed by atoms with Crippen LogP contribution in [0.3, 0.4) is 0 Å². The van der Waals surface area contributed by atoms with Crippen LogP contribution < -0.4 is 10.6 Å². The molecule has 7 heteroatoms. The summed E-state index contributed by atoms with van der Waals surface area (Å²) in [5, 5.41) is 8.33. The molecule has 3 aromatic rings. The predicted molar refractivity (Wildman–Crippen MR) is 124 cm³/mol. The summed E-state index contributed by atoms with van der Waals surface area (Å²) in [5.41, 5.74) is 3.57. The summed E-state index contributed by atoms with van der Waals surface area (Å²) in [4.78, 5) is 26.4. The minimum atomic E-state index is -0.397. The number of carbonyl (C=O) groups is 2. The second-order valence-corrected chi connectivity index (χ2v) is 8.55. The van der Waals surface area contributed by atoms with E-state index in [1.54, 1.807) is 36.4 Å². The highest BCUT2D eigenvalue weighted by Gasteiger charge is 2.15. The summed E-state index contributed by atoms with van der Waals surface area (Å²) in [6.45, 7) is 4.17. The average molecular weight is 459 g/mol. The van der Waals surface area contributed by atoms with Crippen molar-refractivity contribution >= 4 is 52.4 Å². The smallest absolute Gasteiger partial charge is 0.268 e. The first-order valence-corrected chi connectivity index (χ1v) is 10.8. The van der Waals surface area contributed by atoms with E-state index < -0.39 is 5.91 Å². The first kappa shape index (κ1) is 22.1. The number of thiophene rings is 1. The lowest BCUT2D eigenvalue weighted by Crippen LogP contribution is -2.34. The van der Waals surface area contributed by atoms with E-state index in [9.17, 15) is 9.59 Å². The molecular formula is C23H20Cl2N2O2S. The number of benzene rings is 2. The van der Waals surface area contributed by atoms with Crippen molar-refractivity contribution in [2.24, 2.45) is 0 Å². The molecule has 0 unspecified atom stereocenters. The number of hydrogen-bond donors (Lipinski definition) is 2. The lowest BCUT2D eigenvalue weighted by atomic mass is 10.1. The molecule has 0 aliphatic rings. The SMILES string of the molecule is Cc1ccc(C(=O)N/C(=C\c2cccs2)C(=O)NCc2ccc(Cl)c(Cl)c2)cc1C. The Morgan fingerprint density at radius 3 is 2.47 bits per heavy atom. The molecule has 0 aliphatic heterocycles. The van der Waals surface area contributed by atoms with Crippen molar-refractivity contribution in [1.82, 2.24) is 10.6 Å². The van der Waals surface area contributed by atoms with E-state index in [0.717, 1.165) is 21.6 Å². The van der Waals surface area contributed by atoms with E-state index in [4.69, 9.17) is 23.2 Å². The number of rotatable bonds is 6. The van der Waals surface area contributed by atoms with E-state index in [1.165, 1.54) is 11.3 Å². The molecule has 154 valence electrons. The van der Waals surface area contributed by atoms with Gasteiger partial charge in [-0.1, -0.05) is 41.4 Å². The van der Waals surface area contributed by atoms with E-state index in [-0.39, 0.29) is 18.1 Å². The number of amides is 2. The van der Waals surface area contributed by atoms with Gasteiger partial charge in [0.1, 0.15) is 5.70 Å². The van der Waals surface area contributed by atoms with Gasteiger partial charge in [-0.05, 0) is 72.3 Å². The van der Waals surface area contributed by atoms with E-state index >= 15 is 0 Å². The highest BCUT2D eigenvalue weighted by atomic mass is 35.5. The van der Waals surface area contributed by atoms with Gasteiger partial charge in [0.2, 0.25) is 0 Å². The molecule has 0 atom stereocenters. The molecule has 0 bridgehead atoms. The van der Waals surface area contributed by atoms with Gasteiger partial charge in [0, 0.05) is 17.0 Å². The molecule has 4 nitrogen and oxygen atoms in total. The van der Waals surface area contributed by atoms with Crippen molar-refractivity contribution in [2.75, 3.05) is 0 Å². The van der Waals surface area contributed by atoms with E-state index in [0.29, 0.717) is 15.6 Å². The van der Waals surface area contributed by atoms with Crippen LogP contribution in [0.5, 0.6) is 0 Å². The average Bonchev–Trinajstić information content (AvgIpc) is 3.23. The van der Waals surface area contributed by atoms with Crippen LogP contribution >= 0.6 is 34.5 Å². The summed E-state index contributed by atoms with van der Waals surface area (Å²) in [6.07, 6.45) is 1.66. The number of hydrogen-bond acceptors (Lipinski definition) is 3. The van der Waals surface area contributed by atoms with Crippen molar-refractivity contribution in [3.63, 3.8) is 0 Å². The largest absolute Gasteiger partial charge is 0.347 e. The Labute approximate surface area is 189 Å². The van der Waals surface area contributed by atoms with Crippen LogP contribution in [0.2, 0.25) is 10.0 Å². The molecule has 2 amide bonds. The van der Waals surface area contributed by atoms with Crippen LogP contribution in [0, 0.1) is 13.8 Å². The highest BCUT2D eigenvalue weighted by molar-refractivity contribution is 7.10. The maximum atomic E-state index is 12.8. The third-order valence-corrected chi connectivity index (χ3v) is 6.09. The molecule has 2 aromatic carbocycles. The quantitative estimate of drug-likeness (QED) is 0.461. The second kappa shape index (κ2) is 9.94. The zero-order chi connectivity index (χ0) is 21.7. The first-order chi connectivity index (χ1) is 14.3. The predicted octanol–water partition coefficient (Wildman–Crippen LogP) is 5.76. The zero-order valence-corrected chi connectivity index (χ0v) is 18.8. The summed E-state index contributed by atoms with van der Waals surface area (Å²) in [7, 11) is 0. The molecule has 2 N–H and O–H groups in total. The Kier molecular flexibility index (Phi) is 7.32. The van der Waals surface area contributed by atoms with Crippen molar-refractivity contribution < 1.29 is 9.59 Å². The van der Waals surface area contributed by atoms with Gasteiger partial charge in [-0.3, -0.25) is 9.59 Å². The normalized spacial score (nSPS) is 11.3. The Bertz CT molecular complexity index is 1110. The van der Waals surface area contributed by atoms with Crippen LogP contribution in [-0.2, 0) is 11.3 Å². The Balaban J connectivity index is 1.78. The fourth-order valence-electron chi connectivity index (χ4n) is 2.68. The monoisotopic (exact) mass is 458 g/mol. The first-order valence-electron chi connectivity index (χ1n) is 9.19. The lowest BCUT2D eigenvalue weighted by molar-refractivity contribution is -0.117. The number of carbonyl (C=O) groups excluding carboxylic acids is 2. The van der Waals surface area contributed by atoms with Gasteiger partial charge in [0.25, 0.3) is 11.8 Å². The highest BCUT2D eigenvalue weighted by Crippen LogP contribution is 2.22. The standard InChI is InChI=1S/C23H20Cl2N2O2S/c1-14-5-7-17(10-15(14)2)22(28)27-21(12-18-4-3-9-30-18)23(29)26-13-16-6-8-19(24)20(25)11-16/h3-12H,13H2,1-2H3,(H,26,29)(H,27,28)/b21-12-. The summed E-state index contributed by atoms with van der Waals surface area (Å²) in [6, 6.07) is 14.3. The fourth-order valence-corrected chi connectivity index (χ4v) is 3.66. The number of halogens is 2. The molecular weight excluding hydrogens is 439 g/mol. The third kappa shape index (κ3) is 5.72. The molecule has 0 saturated heterocycles. The molecule has 30 heavy (non-hydrogen) atoms. The Hall–Kier alpha value is -2.60. The molecule has 0 spiro atoms. The molecule has 1 aromatic heterocycles. The van der Waals surface area contributed by atoms with Crippen molar-refractivity contribution in [3.05, 3.63) is 96.8 Å². The van der Waals surface area contributed by atoms with Gasteiger partial charge in [-0.25, -0.2) is 0 Å². The van der Waals surface area contributed by atoms with Crippen LogP contribution in [0.25, 0.3) is 6.08 Å². The molecule has 0 radical (unpaired) electrons. The van der Waals surface area contributed by atoms with Gasteiger partial charge in [-0.2, -0.15) is 0 Å². The number of nitrogens with one attached hydrogen (secondary N) is 2. The van der Waals surface area contributed by atoms with E-state index in [2.05, 4.69) is 10.6 Å². The minimum Gasteiger partial charge on any atom is -0.347 e. The van der Waals surface area contributed by atoms with Gasteiger partial charge in [0.05, 0.1) is 10.0 Å². The van der Waals surface area contributed by atoms with Crippen LogP contribution in [-0.4, -0.2) is 11.8 Å². The van der Waals surface area contributed by atoms with Gasteiger partial charge >= 0.3 is 0 Å². The molecule has 0 aliphatic carbocycles. The summed E-state index contributed by atoms with van der Waals surface area (Å²) in [5.74, 6) is -0.739. The third-order valence-electron chi connectivity index (χ3n) is 4.53. The van der Waals surface area contributed by atoms with Crippen LogP contribution in [0.1, 0.15) is 31.9 Å². The molecule has 1 heterocycles. The summed E-state index contributed by atoms with van der Waals surface area (Å²) < 4.78 is 0. The second-order valence-electron chi connectivity index (χ2n) is 6.76.